The predicted octanol–water partition coefficient (Wildman–Crippen LogP) is 1.19. The summed E-state index contributed by atoms with van der Waals surface area (Å²) in [5.74, 6) is -1.40. The molecule has 0 aliphatic rings. The third kappa shape index (κ3) is 3.81. The highest BCUT2D eigenvalue weighted by Gasteiger charge is 2.24. The summed E-state index contributed by atoms with van der Waals surface area (Å²) in [7, 11) is 0. The number of amides is 1. The number of nitrogens with zero attached hydrogens (tertiary/aromatic N) is 3. The van der Waals surface area contributed by atoms with E-state index in [1.54, 1.807) is 18.2 Å². The van der Waals surface area contributed by atoms with Crippen molar-refractivity contribution in [2.45, 2.75) is 13.0 Å². The SMILES string of the molecule is NC(=O)c1cn(CCc2ccccc2OC(=O)O)nc1[N+](=O)[O-]. The quantitative estimate of drug-likeness (QED) is 0.351. The number of hydrogen-bond acceptors (Lipinski definition) is 6. The van der Waals surface area contributed by atoms with Gasteiger partial charge in [-0.3, -0.25) is 4.79 Å². The van der Waals surface area contributed by atoms with Crippen molar-refractivity contribution < 1.29 is 24.4 Å². The van der Waals surface area contributed by atoms with Crippen LogP contribution in [0.25, 0.3) is 0 Å². The number of benzene rings is 1. The molecule has 2 rings (SSSR count). The number of para-hydroxylation sites is 1. The Morgan fingerprint density at radius 3 is 2.65 bits per heavy atom. The molecule has 0 bridgehead atoms. The van der Waals surface area contributed by atoms with Crippen molar-refractivity contribution in [2.24, 2.45) is 5.73 Å². The van der Waals surface area contributed by atoms with E-state index in [4.69, 9.17) is 10.8 Å². The lowest BCUT2D eigenvalue weighted by atomic mass is 10.1. The number of rotatable bonds is 6. The number of nitrogens with two attached hydrogens (primary N) is 1. The lowest BCUT2D eigenvalue weighted by molar-refractivity contribution is -0.390. The molecule has 0 atom stereocenters. The summed E-state index contributed by atoms with van der Waals surface area (Å²) >= 11 is 0. The van der Waals surface area contributed by atoms with Gasteiger partial charge < -0.3 is 25.7 Å². The first-order chi connectivity index (χ1) is 10.9. The Morgan fingerprint density at radius 2 is 2.09 bits per heavy atom. The van der Waals surface area contributed by atoms with E-state index in [1.807, 2.05) is 0 Å². The van der Waals surface area contributed by atoms with Gasteiger partial charge >= 0.3 is 12.0 Å². The van der Waals surface area contributed by atoms with E-state index in [-0.39, 0.29) is 17.9 Å². The molecular weight excluding hydrogens is 308 g/mol. The van der Waals surface area contributed by atoms with Gasteiger partial charge in [0.15, 0.2) is 5.56 Å². The van der Waals surface area contributed by atoms with Crippen molar-refractivity contribution in [3.8, 4) is 5.75 Å². The molecule has 23 heavy (non-hydrogen) atoms. The molecule has 0 radical (unpaired) electrons. The standard InChI is InChI=1S/C13H12N4O6/c14-11(18)9-7-16(15-12(9)17(21)22)6-5-8-3-1-2-4-10(8)23-13(19)20/h1-4,7H,5-6H2,(H2,14,18)(H,19,20). The maximum Gasteiger partial charge on any atom is 0.511 e. The van der Waals surface area contributed by atoms with Crippen LogP contribution in [0.3, 0.4) is 0 Å². The average Bonchev–Trinajstić information content (AvgIpc) is 2.90. The van der Waals surface area contributed by atoms with Crippen LogP contribution < -0.4 is 10.5 Å². The van der Waals surface area contributed by atoms with E-state index in [0.717, 1.165) is 0 Å². The van der Waals surface area contributed by atoms with Crippen LogP contribution >= 0.6 is 0 Å². The van der Waals surface area contributed by atoms with Crippen LogP contribution in [0.15, 0.2) is 30.5 Å². The Balaban J connectivity index is 2.19. The van der Waals surface area contributed by atoms with E-state index in [0.29, 0.717) is 12.0 Å². The van der Waals surface area contributed by atoms with Gasteiger partial charge in [-0.25, -0.2) is 4.79 Å². The fourth-order valence-corrected chi connectivity index (χ4v) is 1.97. The number of ether oxygens (including phenoxy) is 1. The summed E-state index contributed by atoms with van der Waals surface area (Å²) in [5.41, 5.74) is 5.36. The van der Waals surface area contributed by atoms with E-state index in [2.05, 4.69) is 9.84 Å². The highest BCUT2D eigenvalue weighted by atomic mass is 16.7. The molecule has 1 aromatic carbocycles. The second kappa shape index (κ2) is 6.56. The Bertz CT molecular complexity index is 738. The number of aromatic nitrogens is 2. The Labute approximate surface area is 129 Å². The van der Waals surface area contributed by atoms with Crippen molar-refractivity contribution in [1.29, 1.82) is 0 Å². The Hall–Kier alpha value is -3.43. The molecular formula is C13H12N4O6. The van der Waals surface area contributed by atoms with Crippen LogP contribution in [0.2, 0.25) is 0 Å². The van der Waals surface area contributed by atoms with Gasteiger partial charge in [-0.15, -0.1) is 0 Å². The second-order valence-corrected chi connectivity index (χ2v) is 4.48. The van der Waals surface area contributed by atoms with Crippen LogP contribution in [-0.2, 0) is 13.0 Å². The van der Waals surface area contributed by atoms with Crippen molar-refractivity contribution in [3.63, 3.8) is 0 Å². The van der Waals surface area contributed by atoms with Crippen LogP contribution in [0.4, 0.5) is 10.6 Å². The number of aryl methyl sites for hydroxylation is 2. The summed E-state index contributed by atoms with van der Waals surface area (Å²) in [6.45, 7) is 0.175. The highest BCUT2D eigenvalue weighted by molar-refractivity contribution is 5.95. The lowest BCUT2D eigenvalue weighted by Crippen LogP contribution is -2.12. The first-order valence-corrected chi connectivity index (χ1v) is 6.39. The minimum Gasteiger partial charge on any atom is -0.449 e. The topological polar surface area (TPSA) is 151 Å². The number of carboxylic acid groups (broad SMARTS) is 1. The van der Waals surface area contributed by atoms with Gasteiger partial charge in [0, 0.05) is 0 Å². The van der Waals surface area contributed by atoms with Crippen molar-refractivity contribution in [2.75, 3.05) is 0 Å². The number of carbonyl (C=O) groups is 2. The van der Waals surface area contributed by atoms with Crippen molar-refractivity contribution >= 4 is 17.9 Å². The minimum atomic E-state index is -1.44. The molecule has 1 aromatic heterocycles. The number of primary amides is 1. The predicted molar refractivity (Wildman–Crippen MR) is 76.2 cm³/mol. The van der Waals surface area contributed by atoms with Crippen LogP contribution in [0.1, 0.15) is 15.9 Å². The number of hydrogen-bond donors (Lipinski definition) is 2. The molecule has 0 saturated carbocycles. The summed E-state index contributed by atoms with van der Waals surface area (Å²) in [6.07, 6.45) is 0.0323. The van der Waals surface area contributed by atoms with E-state index in [1.165, 1.54) is 16.9 Å². The van der Waals surface area contributed by atoms with Gasteiger partial charge in [-0.1, -0.05) is 18.2 Å². The van der Waals surface area contributed by atoms with Crippen LogP contribution in [-0.4, -0.2) is 31.9 Å². The van der Waals surface area contributed by atoms with Crippen LogP contribution in [0.5, 0.6) is 5.75 Å². The smallest absolute Gasteiger partial charge is 0.449 e. The first kappa shape index (κ1) is 15.9. The van der Waals surface area contributed by atoms with Crippen molar-refractivity contribution in [1.82, 2.24) is 9.78 Å². The molecule has 0 spiro atoms. The normalized spacial score (nSPS) is 10.3. The van der Waals surface area contributed by atoms with Gasteiger partial charge in [0.1, 0.15) is 5.75 Å². The zero-order valence-corrected chi connectivity index (χ0v) is 11.7. The van der Waals surface area contributed by atoms with Gasteiger partial charge in [0.2, 0.25) is 0 Å². The Morgan fingerprint density at radius 1 is 1.39 bits per heavy atom. The molecule has 120 valence electrons. The van der Waals surface area contributed by atoms with E-state index in [9.17, 15) is 19.7 Å². The molecule has 1 amide bonds. The average molecular weight is 320 g/mol. The highest BCUT2D eigenvalue weighted by Crippen LogP contribution is 2.20. The van der Waals surface area contributed by atoms with Gasteiger partial charge in [-0.05, 0) is 23.0 Å². The largest absolute Gasteiger partial charge is 0.511 e. The fraction of sp³-hybridized carbons (Fsp3) is 0.154. The minimum absolute atomic E-state index is 0.164. The van der Waals surface area contributed by atoms with Gasteiger partial charge in [0.25, 0.3) is 5.91 Å². The van der Waals surface area contributed by atoms with E-state index >= 15 is 0 Å². The Kier molecular flexibility index (Phi) is 4.55. The summed E-state index contributed by atoms with van der Waals surface area (Å²) in [6, 6.07) is 6.46. The fourth-order valence-electron chi connectivity index (χ4n) is 1.97. The maximum atomic E-state index is 11.2. The molecule has 0 unspecified atom stereocenters. The number of carbonyl (C=O) groups excluding carboxylic acids is 1. The van der Waals surface area contributed by atoms with Crippen LogP contribution in [0, 0.1) is 10.1 Å². The molecule has 2 aromatic rings. The third-order valence-electron chi connectivity index (χ3n) is 2.96. The maximum absolute atomic E-state index is 11.2. The lowest BCUT2D eigenvalue weighted by Gasteiger charge is -2.06. The first-order valence-electron chi connectivity index (χ1n) is 6.39. The monoisotopic (exact) mass is 320 g/mol. The molecule has 10 heteroatoms. The molecule has 1 heterocycles. The number of nitro groups is 1. The molecule has 0 aliphatic heterocycles. The molecule has 0 fully saturated rings. The zero-order valence-electron chi connectivity index (χ0n) is 11.7. The van der Waals surface area contributed by atoms with Gasteiger partial charge in [0.05, 0.1) is 17.8 Å². The summed E-state index contributed by atoms with van der Waals surface area (Å²) < 4.78 is 5.85. The molecule has 0 aliphatic carbocycles. The molecule has 10 nitrogen and oxygen atoms in total. The second-order valence-electron chi connectivity index (χ2n) is 4.48. The van der Waals surface area contributed by atoms with Crippen molar-refractivity contribution in [3.05, 3.63) is 51.7 Å². The third-order valence-corrected chi connectivity index (χ3v) is 2.96. The summed E-state index contributed by atoms with van der Waals surface area (Å²) in [5, 5.41) is 23.2. The van der Waals surface area contributed by atoms with Gasteiger partial charge in [-0.2, -0.15) is 4.68 Å². The zero-order chi connectivity index (χ0) is 17.0. The van der Waals surface area contributed by atoms with E-state index < -0.39 is 22.8 Å². The summed E-state index contributed by atoms with van der Waals surface area (Å²) in [4.78, 5) is 31.8. The molecule has 3 N–H and O–H groups in total. The molecule has 0 saturated heterocycles.